The van der Waals surface area contributed by atoms with Gasteiger partial charge in [-0.1, -0.05) is 17.3 Å². The molecule has 0 N–H and O–H groups in total. The number of aromatic nitrogens is 1. The summed E-state index contributed by atoms with van der Waals surface area (Å²) in [5, 5.41) is 4.59. The first-order valence-corrected chi connectivity index (χ1v) is 5.39. The number of hydrogen-bond acceptors (Lipinski definition) is 3. The van der Waals surface area contributed by atoms with Gasteiger partial charge in [0.1, 0.15) is 17.8 Å². The number of para-hydroxylation sites is 1. The summed E-state index contributed by atoms with van der Waals surface area (Å²) >= 11 is 0. The Hall–Kier alpha value is -2.49. The van der Waals surface area contributed by atoms with Crippen molar-refractivity contribution in [2.75, 3.05) is 0 Å². The van der Waals surface area contributed by atoms with E-state index in [4.69, 9.17) is 4.52 Å². The molecule has 0 spiro atoms. The number of rotatable bonds is 2. The number of halogens is 1. The number of carbonyl (C=O) groups excluding carboxylic acids is 1. The van der Waals surface area contributed by atoms with E-state index in [1.165, 1.54) is 18.2 Å². The van der Waals surface area contributed by atoms with Crippen molar-refractivity contribution < 1.29 is 13.7 Å². The van der Waals surface area contributed by atoms with Crippen molar-refractivity contribution >= 4 is 17.3 Å². The number of nitrogens with zero attached hydrogens (tertiary/aromatic N) is 1. The molecule has 4 heteroatoms. The minimum absolute atomic E-state index is 0.268. The fourth-order valence-corrected chi connectivity index (χ4v) is 1.88. The van der Waals surface area contributed by atoms with Crippen LogP contribution >= 0.6 is 0 Å². The molecule has 1 heterocycles. The minimum Gasteiger partial charge on any atom is -0.356 e. The predicted molar refractivity (Wildman–Crippen MR) is 64.8 cm³/mol. The third-order valence-electron chi connectivity index (χ3n) is 2.76. The highest BCUT2D eigenvalue weighted by Crippen LogP contribution is 2.29. The van der Waals surface area contributed by atoms with E-state index in [1.54, 1.807) is 12.1 Å². The van der Waals surface area contributed by atoms with Gasteiger partial charge in [0.2, 0.25) is 0 Å². The van der Waals surface area contributed by atoms with E-state index in [2.05, 4.69) is 5.16 Å². The zero-order valence-electron chi connectivity index (χ0n) is 9.26. The fourth-order valence-electron chi connectivity index (χ4n) is 1.88. The summed E-state index contributed by atoms with van der Waals surface area (Å²) in [6.45, 7) is 0. The molecule has 88 valence electrons. The maximum atomic E-state index is 13.8. The number of aldehydes is 1. The van der Waals surface area contributed by atoms with Crippen LogP contribution in [0, 0.1) is 5.82 Å². The second kappa shape index (κ2) is 4.07. The van der Waals surface area contributed by atoms with Crippen LogP contribution in [0.15, 0.2) is 47.0 Å². The fraction of sp³-hybridized carbons (Fsp3) is 0. The van der Waals surface area contributed by atoms with Gasteiger partial charge in [0.25, 0.3) is 0 Å². The second-order valence-corrected chi connectivity index (χ2v) is 3.88. The molecule has 0 fully saturated rings. The van der Waals surface area contributed by atoms with Gasteiger partial charge >= 0.3 is 0 Å². The molecule has 18 heavy (non-hydrogen) atoms. The van der Waals surface area contributed by atoms with Gasteiger partial charge in [-0.2, -0.15) is 0 Å². The molecule has 0 bridgehead atoms. The number of benzene rings is 2. The van der Waals surface area contributed by atoms with Crippen molar-refractivity contribution in [1.29, 1.82) is 0 Å². The van der Waals surface area contributed by atoms with E-state index < -0.39 is 5.82 Å². The predicted octanol–water partition coefficient (Wildman–Crippen LogP) is 3.45. The number of hydrogen-bond donors (Lipinski definition) is 0. The number of carbonyl (C=O) groups is 1. The lowest BCUT2D eigenvalue weighted by atomic mass is 10.0. The van der Waals surface area contributed by atoms with Crippen LogP contribution in [0.25, 0.3) is 22.2 Å². The van der Waals surface area contributed by atoms with Gasteiger partial charge in [0.15, 0.2) is 5.58 Å². The average molecular weight is 241 g/mol. The lowest BCUT2D eigenvalue weighted by molar-refractivity contribution is 0.112. The Morgan fingerprint density at radius 3 is 2.83 bits per heavy atom. The molecule has 3 nitrogen and oxygen atoms in total. The highest BCUT2D eigenvalue weighted by Gasteiger charge is 2.14. The summed E-state index contributed by atoms with van der Waals surface area (Å²) < 4.78 is 18.9. The first-order valence-electron chi connectivity index (χ1n) is 5.39. The second-order valence-electron chi connectivity index (χ2n) is 3.88. The molecule has 0 radical (unpaired) electrons. The van der Waals surface area contributed by atoms with Crippen LogP contribution < -0.4 is 0 Å². The van der Waals surface area contributed by atoms with Crippen LogP contribution in [-0.4, -0.2) is 11.4 Å². The van der Waals surface area contributed by atoms with E-state index in [1.807, 2.05) is 12.1 Å². The lowest BCUT2D eigenvalue weighted by Gasteiger charge is -2.00. The third-order valence-corrected chi connectivity index (χ3v) is 2.76. The zero-order valence-corrected chi connectivity index (χ0v) is 9.26. The van der Waals surface area contributed by atoms with Crippen LogP contribution in [-0.2, 0) is 0 Å². The average Bonchev–Trinajstić information content (AvgIpc) is 2.83. The molecule has 0 amide bonds. The van der Waals surface area contributed by atoms with Crippen molar-refractivity contribution in [3.05, 3.63) is 53.8 Å². The van der Waals surface area contributed by atoms with Crippen LogP contribution in [0.2, 0.25) is 0 Å². The molecule has 0 saturated carbocycles. The van der Waals surface area contributed by atoms with Crippen molar-refractivity contribution in [2.24, 2.45) is 0 Å². The standard InChI is InChI=1S/C14H8FNO2/c15-12-6-5-9(8-17)7-11(12)14-10-3-1-2-4-13(10)18-16-14/h1-8H. The molecule has 0 aliphatic rings. The number of fused-ring (bicyclic) bond motifs is 1. The molecule has 0 saturated heterocycles. The van der Waals surface area contributed by atoms with Crippen LogP contribution in [0.3, 0.4) is 0 Å². The van der Waals surface area contributed by atoms with Crippen molar-refractivity contribution in [3.8, 4) is 11.3 Å². The molecule has 3 rings (SSSR count). The maximum Gasteiger partial charge on any atom is 0.167 e. The van der Waals surface area contributed by atoms with Crippen LogP contribution in [0.5, 0.6) is 0 Å². The molecular formula is C14H8FNO2. The lowest BCUT2D eigenvalue weighted by Crippen LogP contribution is -1.88. The van der Waals surface area contributed by atoms with Gasteiger partial charge in [-0.15, -0.1) is 0 Å². The van der Waals surface area contributed by atoms with Gasteiger partial charge in [-0.3, -0.25) is 4.79 Å². The van der Waals surface area contributed by atoms with Gasteiger partial charge in [-0.25, -0.2) is 4.39 Å². The van der Waals surface area contributed by atoms with Crippen molar-refractivity contribution in [3.63, 3.8) is 0 Å². The third kappa shape index (κ3) is 1.59. The normalized spacial score (nSPS) is 10.7. The molecule has 0 atom stereocenters. The molecule has 0 unspecified atom stereocenters. The Balaban J connectivity index is 2.28. The van der Waals surface area contributed by atoms with E-state index in [9.17, 15) is 9.18 Å². The van der Waals surface area contributed by atoms with E-state index in [-0.39, 0.29) is 5.56 Å². The molecule has 1 aromatic heterocycles. The Morgan fingerprint density at radius 1 is 1.17 bits per heavy atom. The highest BCUT2D eigenvalue weighted by atomic mass is 19.1. The maximum absolute atomic E-state index is 13.8. The molecule has 2 aromatic carbocycles. The van der Waals surface area contributed by atoms with Crippen LogP contribution in [0.4, 0.5) is 4.39 Å². The molecule has 0 aliphatic carbocycles. The Kier molecular flexibility index (Phi) is 2.41. The smallest absolute Gasteiger partial charge is 0.167 e. The van der Waals surface area contributed by atoms with Gasteiger partial charge < -0.3 is 4.52 Å². The van der Waals surface area contributed by atoms with Crippen molar-refractivity contribution in [1.82, 2.24) is 5.16 Å². The summed E-state index contributed by atoms with van der Waals surface area (Å²) in [7, 11) is 0. The van der Waals surface area contributed by atoms with Gasteiger partial charge in [-0.05, 0) is 30.3 Å². The molecule has 3 aromatic rings. The highest BCUT2D eigenvalue weighted by molar-refractivity contribution is 5.92. The molecular weight excluding hydrogens is 233 g/mol. The molecule has 0 aliphatic heterocycles. The quantitative estimate of drug-likeness (QED) is 0.645. The summed E-state index contributed by atoms with van der Waals surface area (Å²) in [5.74, 6) is -0.431. The van der Waals surface area contributed by atoms with Gasteiger partial charge in [0.05, 0.1) is 0 Å². The summed E-state index contributed by atoms with van der Waals surface area (Å²) in [6, 6.07) is 11.3. The van der Waals surface area contributed by atoms with E-state index >= 15 is 0 Å². The topological polar surface area (TPSA) is 43.1 Å². The first kappa shape index (κ1) is 10.7. The van der Waals surface area contributed by atoms with E-state index in [0.717, 1.165) is 5.39 Å². The minimum atomic E-state index is -0.431. The van der Waals surface area contributed by atoms with Crippen LogP contribution in [0.1, 0.15) is 10.4 Å². The van der Waals surface area contributed by atoms with Crippen molar-refractivity contribution in [2.45, 2.75) is 0 Å². The monoisotopic (exact) mass is 241 g/mol. The summed E-state index contributed by atoms with van der Waals surface area (Å²) in [4.78, 5) is 10.7. The van der Waals surface area contributed by atoms with E-state index in [0.29, 0.717) is 23.1 Å². The largest absolute Gasteiger partial charge is 0.356 e. The first-order chi connectivity index (χ1) is 8.79. The summed E-state index contributed by atoms with van der Waals surface area (Å²) in [5.41, 5.74) is 1.67. The SMILES string of the molecule is O=Cc1ccc(F)c(-c2noc3ccccc23)c1. The zero-order chi connectivity index (χ0) is 12.5. The Labute approximate surface area is 102 Å². The Morgan fingerprint density at radius 2 is 2.00 bits per heavy atom. The Bertz CT molecular complexity index is 733. The van der Waals surface area contributed by atoms with Gasteiger partial charge in [0, 0.05) is 16.5 Å². The summed E-state index contributed by atoms with van der Waals surface area (Å²) in [6.07, 6.45) is 0.672.